The van der Waals surface area contributed by atoms with Gasteiger partial charge in [-0.3, -0.25) is 9.59 Å². The van der Waals surface area contributed by atoms with Gasteiger partial charge in [0.25, 0.3) is 0 Å². The Hall–Kier alpha value is -1.71. The van der Waals surface area contributed by atoms with Gasteiger partial charge in [-0.05, 0) is 25.5 Å². The van der Waals surface area contributed by atoms with Crippen molar-refractivity contribution in [1.29, 1.82) is 0 Å². The van der Waals surface area contributed by atoms with Crippen molar-refractivity contribution in [3.63, 3.8) is 0 Å². The van der Waals surface area contributed by atoms with E-state index < -0.39 is 5.97 Å². The molecule has 0 atom stereocenters. The summed E-state index contributed by atoms with van der Waals surface area (Å²) in [7, 11) is 0. The van der Waals surface area contributed by atoms with Crippen LogP contribution < -0.4 is 0 Å². The summed E-state index contributed by atoms with van der Waals surface area (Å²) in [6.07, 6.45) is 5.46. The number of carboxylic acid groups (broad SMARTS) is 1. The molecule has 0 bridgehead atoms. The topological polar surface area (TPSA) is 71.4 Å². The van der Waals surface area contributed by atoms with Crippen molar-refractivity contribution in [3.8, 4) is 0 Å². The maximum absolute atomic E-state index is 10.9. The minimum absolute atomic E-state index is 0.0708. The molecule has 0 aromatic heterocycles. The highest BCUT2D eigenvalue weighted by atomic mass is 16.4. The third-order valence-electron chi connectivity index (χ3n) is 1.32. The zero-order chi connectivity index (χ0) is 11.0. The van der Waals surface area contributed by atoms with E-state index in [1.165, 1.54) is 13.0 Å². The Bertz CT molecular complexity index is 286. The van der Waals surface area contributed by atoms with Crippen LogP contribution in [0, 0.1) is 0 Å². The first kappa shape index (κ1) is 12.3. The molecular formula is C10H12O4. The Morgan fingerprint density at radius 3 is 2.29 bits per heavy atom. The monoisotopic (exact) mass is 196 g/mol. The Kier molecular flexibility index (Phi) is 5.94. The lowest BCUT2D eigenvalue weighted by Crippen LogP contribution is -1.94. The number of carbonyl (C=O) groups excluding carboxylic acids is 2. The van der Waals surface area contributed by atoms with Gasteiger partial charge in [0.05, 0.1) is 0 Å². The van der Waals surface area contributed by atoms with E-state index in [2.05, 4.69) is 0 Å². The van der Waals surface area contributed by atoms with Crippen LogP contribution in [0.1, 0.15) is 19.8 Å². The number of rotatable bonds is 6. The molecule has 0 radical (unpaired) electrons. The molecule has 4 nitrogen and oxygen atoms in total. The molecule has 0 heterocycles. The van der Waals surface area contributed by atoms with Crippen LogP contribution in [0.25, 0.3) is 0 Å². The van der Waals surface area contributed by atoms with E-state index in [9.17, 15) is 14.4 Å². The lowest BCUT2D eigenvalue weighted by atomic mass is 10.2. The molecule has 0 aromatic carbocycles. The third-order valence-corrected chi connectivity index (χ3v) is 1.32. The standard InChI is InChI=1S/C10H12O4/c1-8(11)4-2-3-5-9(12)6-7-10(13)14/h2,4,6-7H,3,5H2,1H3,(H,13,14)/b4-2+,7-6+. The predicted molar refractivity (Wildman–Crippen MR) is 50.8 cm³/mol. The van der Waals surface area contributed by atoms with Gasteiger partial charge in [-0.25, -0.2) is 4.79 Å². The number of hydrogen-bond acceptors (Lipinski definition) is 3. The van der Waals surface area contributed by atoms with E-state index >= 15 is 0 Å². The molecule has 0 spiro atoms. The number of carbonyl (C=O) groups is 3. The molecular weight excluding hydrogens is 184 g/mol. The van der Waals surface area contributed by atoms with E-state index in [0.717, 1.165) is 12.2 Å². The van der Waals surface area contributed by atoms with Crippen LogP contribution in [0.2, 0.25) is 0 Å². The van der Waals surface area contributed by atoms with Crippen molar-refractivity contribution in [2.75, 3.05) is 0 Å². The lowest BCUT2D eigenvalue weighted by Gasteiger charge is -1.88. The number of carboxylic acids is 1. The van der Waals surface area contributed by atoms with Crippen LogP contribution in [-0.4, -0.2) is 22.6 Å². The summed E-state index contributed by atoms with van der Waals surface area (Å²) in [6, 6.07) is 0. The Morgan fingerprint density at radius 2 is 1.79 bits per heavy atom. The van der Waals surface area contributed by atoms with Gasteiger partial charge in [0, 0.05) is 12.5 Å². The van der Waals surface area contributed by atoms with Crippen molar-refractivity contribution in [2.24, 2.45) is 0 Å². The molecule has 1 N–H and O–H groups in total. The molecule has 4 heteroatoms. The van der Waals surface area contributed by atoms with E-state index in [1.54, 1.807) is 6.08 Å². The van der Waals surface area contributed by atoms with Crippen molar-refractivity contribution in [3.05, 3.63) is 24.3 Å². The number of ketones is 2. The fraction of sp³-hybridized carbons (Fsp3) is 0.300. The molecule has 0 rings (SSSR count). The second-order valence-corrected chi connectivity index (χ2v) is 2.69. The zero-order valence-electron chi connectivity index (χ0n) is 7.90. The molecule has 0 aliphatic carbocycles. The fourth-order valence-corrected chi connectivity index (χ4v) is 0.722. The van der Waals surface area contributed by atoms with Crippen molar-refractivity contribution < 1.29 is 19.5 Å². The molecule has 14 heavy (non-hydrogen) atoms. The summed E-state index contributed by atoms with van der Waals surface area (Å²) in [5, 5.41) is 8.21. The molecule has 0 aliphatic heterocycles. The predicted octanol–water partition coefficient (Wildman–Crippen LogP) is 1.12. The van der Waals surface area contributed by atoms with Crippen LogP contribution in [0.15, 0.2) is 24.3 Å². The first-order chi connectivity index (χ1) is 6.52. The quantitative estimate of drug-likeness (QED) is 0.646. The van der Waals surface area contributed by atoms with Crippen molar-refractivity contribution in [2.45, 2.75) is 19.8 Å². The summed E-state index contributed by atoms with van der Waals surface area (Å²) >= 11 is 0. The highest BCUT2D eigenvalue weighted by molar-refractivity contribution is 5.95. The molecule has 0 unspecified atom stereocenters. The van der Waals surface area contributed by atoms with Crippen LogP contribution in [0.5, 0.6) is 0 Å². The summed E-state index contributed by atoms with van der Waals surface area (Å²) in [5.41, 5.74) is 0. The van der Waals surface area contributed by atoms with Crippen LogP contribution >= 0.6 is 0 Å². The molecule has 0 aromatic rings. The van der Waals surface area contributed by atoms with Crippen LogP contribution in [0.3, 0.4) is 0 Å². The molecule has 0 saturated carbocycles. The average Bonchev–Trinajstić information content (AvgIpc) is 2.08. The summed E-state index contributed by atoms with van der Waals surface area (Å²) < 4.78 is 0. The van der Waals surface area contributed by atoms with E-state index in [0.29, 0.717) is 6.42 Å². The van der Waals surface area contributed by atoms with Gasteiger partial charge in [0.1, 0.15) is 0 Å². The summed E-state index contributed by atoms with van der Waals surface area (Å²) in [5.74, 6) is -1.48. The highest BCUT2D eigenvalue weighted by Gasteiger charge is 1.95. The molecule has 0 amide bonds. The Labute approximate surface area is 81.9 Å². The number of allylic oxidation sites excluding steroid dienone is 3. The van der Waals surface area contributed by atoms with Gasteiger partial charge < -0.3 is 5.11 Å². The van der Waals surface area contributed by atoms with Gasteiger partial charge in [-0.2, -0.15) is 0 Å². The number of aliphatic carboxylic acids is 1. The van der Waals surface area contributed by atoms with Gasteiger partial charge in [0.15, 0.2) is 11.6 Å². The molecule has 76 valence electrons. The smallest absolute Gasteiger partial charge is 0.328 e. The highest BCUT2D eigenvalue weighted by Crippen LogP contribution is 1.94. The third kappa shape index (κ3) is 8.39. The fourth-order valence-electron chi connectivity index (χ4n) is 0.722. The largest absolute Gasteiger partial charge is 0.478 e. The normalized spacial score (nSPS) is 10.9. The first-order valence-corrected chi connectivity index (χ1v) is 4.13. The SMILES string of the molecule is CC(=O)/C=C/CCC(=O)/C=C/C(=O)O. The summed E-state index contributed by atoms with van der Waals surface area (Å²) in [4.78, 5) is 31.4. The van der Waals surface area contributed by atoms with E-state index in [-0.39, 0.29) is 18.0 Å². The van der Waals surface area contributed by atoms with E-state index in [1.807, 2.05) is 0 Å². The van der Waals surface area contributed by atoms with Gasteiger partial charge in [0.2, 0.25) is 0 Å². The second kappa shape index (κ2) is 6.77. The lowest BCUT2D eigenvalue weighted by molar-refractivity contribution is -0.131. The minimum Gasteiger partial charge on any atom is -0.478 e. The van der Waals surface area contributed by atoms with Crippen molar-refractivity contribution >= 4 is 17.5 Å². The molecule has 0 aliphatic rings. The van der Waals surface area contributed by atoms with Crippen LogP contribution in [-0.2, 0) is 14.4 Å². The van der Waals surface area contributed by atoms with Crippen molar-refractivity contribution in [1.82, 2.24) is 0 Å². The maximum Gasteiger partial charge on any atom is 0.328 e. The van der Waals surface area contributed by atoms with E-state index in [4.69, 9.17) is 5.11 Å². The summed E-state index contributed by atoms with van der Waals surface area (Å²) in [6.45, 7) is 1.42. The molecule has 0 saturated heterocycles. The van der Waals surface area contributed by atoms with Crippen LogP contribution in [0.4, 0.5) is 0 Å². The molecule has 0 fully saturated rings. The Balaban J connectivity index is 3.75. The minimum atomic E-state index is -1.14. The number of hydrogen-bond donors (Lipinski definition) is 1. The zero-order valence-corrected chi connectivity index (χ0v) is 7.90. The second-order valence-electron chi connectivity index (χ2n) is 2.69. The van der Waals surface area contributed by atoms with Gasteiger partial charge in [-0.15, -0.1) is 0 Å². The average molecular weight is 196 g/mol. The first-order valence-electron chi connectivity index (χ1n) is 4.13. The van der Waals surface area contributed by atoms with Gasteiger partial charge >= 0.3 is 5.97 Å². The maximum atomic E-state index is 10.9. The Morgan fingerprint density at radius 1 is 1.14 bits per heavy atom. The van der Waals surface area contributed by atoms with Gasteiger partial charge in [-0.1, -0.05) is 6.08 Å².